The Bertz CT molecular complexity index is 391. The van der Waals surface area contributed by atoms with Crippen LogP contribution in [0.5, 0.6) is 0 Å². The summed E-state index contributed by atoms with van der Waals surface area (Å²) in [5.41, 5.74) is 1.22. The Hall–Kier alpha value is -0.280. The minimum absolute atomic E-state index is 0.453. The lowest BCUT2D eigenvalue weighted by molar-refractivity contribution is 0.176. The second-order valence-electron chi connectivity index (χ2n) is 4.74. The van der Waals surface area contributed by atoms with Crippen LogP contribution in [0.3, 0.4) is 0 Å². The number of benzene rings is 1. The molecule has 1 aliphatic rings. The van der Waals surface area contributed by atoms with Crippen LogP contribution >= 0.6 is 23.2 Å². The fourth-order valence-electron chi connectivity index (χ4n) is 2.46. The quantitative estimate of drug-likeness (QED) is 0.894. The van der Waals surface area contributed by atoms with Gasteiger partial charge >= 0.3 is 0 Å². The molecule has 1 aliphatic heterocycles. The molecule has 0 amide bonds. The van der Waals surface area contributed by atoms with Gasteiger partial charge in [-0.1, -0.05) is 36.2 Å². The zero-order chi connectivity index (χ0) is 13.0. The van der Waals surface area contributed by atoms with Gasteiger partial charge in [-0.05, 0) is 37.1 Å². The lowest BCUT2D eigenvalue weighted by Crippen LogP contribution is -2.38. The molecule has 0 spiro atoms. The average Bonchev–Trinajstić information content (AvgIpc) is 2.87. The van der Waals surface area contributed by atoms with Gasteiger partial charge in [0.25, 0.3) is 0 Å². The summed E-state index contributed by atoms with van der Waals surface area (Å²) in [5, 5.41) is 4.80. The Morgan fingerprint density at radius 3 is 2.83 bits per heavy atom. The number of likely N-dealkylation sites (N-methyl/N-ethyl adjacent to an activating group) is 1. The van der Waals surface area contributed by atoms with Crippen LogP contribution in [0.2, 0.25) is 10.0 Å². The van der Waals surface area contributed by atoms with Crippen molar-refractivity contribution in [1.82, 2.24) is 5.32 Å². The van der Waals surface area contributed by atoms with E-state index >= 15 is 0 Å². The van der Waals surface area contributed by atoms with Gasteiger partial charge in [0.1, 0.15) is 0 Å². The highest BCUT2D eigenvalue weighted by Gasteiger charge is 2.25. The van der Waals surface area contributed by atoms with Crippen molar-refractivity contribution in [3.05, 3.63) is 33.8 Å². The van der Waals surface area contributed by atoms with Crippen molar-refractivity contribution in [1.29, 1.82) is 0 Å². The smallest absolute Gasteiger partial charge is 0.0595 e. The third-order valence-electron chi connectivity index (χ3n) is 3.44. The van der Waals surface area contributed by atoms with Gasteiger partial charge in [0.15, 0.2) is 0 Å². The fraction of sp³-hybridized carbons (Fsp3) is 0.571. The topological polar surface area (TPSA) is 21.3 Å². The summed E-state index contributed by atoms with van der Waals surface area (Å²) >= 11 is 12.0. The Balaban J connectivity index is 2.04. The number of ether oxygens (including phenoxy) is 1. The zero-order valence-corrected chi connectivity index (χ0v) is 12.1. The van der Waals surface area contributed by atoms with E-state index in [0.29, 0.717) is 22.0 Å². The van der Waals surface area contributed by atoms with Crippen LogP contribution in [0.15, 0.2) is 18.2 Å². The third-order valence-corrected chi connectivity index (χ3v) is 4.18. The van der Waals surface area contributed by atoms with E-state index in [-0.39, 0.29) is 0 Å². The first-order chi connectivity index (χ1) is 8.70. The number of hydrogen-bond acceptors (Lipinski definition) is 2. The molecule has 18 heavy (non-hydrogen) atoms. The van der Waals surface area contributed by atoms with Crippen molar-refractivity contribution in [3.63, 3.8) is 0 Å². The Morgan fingerprint density at radius 2 is 2.22 bits per heavy atom. The molecule has 1 aromatic rings. The highest BCUT2D eigenvalue weighted by atomic mass is 35.5. The zero-order valence-electron chi connectivity index (χ0n) is 10.6. The van der Waals surface area contributed by atoms with Gasteiger partial charge in [0.05, 0.1) is 16.7 Å². The molecule has 0 bridgehead atoms. The summed E-state index contributed by atoms with van der Waals surface area (Å²) in [5.74, 6) is 0.597. The largest absolute Gasteiger partial charge is 0.381 e. The van der Waals surface area contributed by atoms with Crippen molar-refractivity contribution in [3.8, 4) is 0 Å². The fourth-order valence-corrected chi connectivity index (χ4v) is 2.78. The van der Waals surface area contributed by atoms with E-state index in [1.807, 2.05) is 18.2 Å². The first-order valence-corrected chi connectivity index (χ1v) is 7.21. The Labute approximate surface area is 119 Å². The number of rotatable bonds is 5. The van der Waals surface area contributed by atoms with Crippen LogP contribution in [0.25, 0.3) is 0 Å². The molecule has 4 heteroatoms. The molecule has 100 valence electrons. The normalized spacial score (nSPS) is 21.2. The monoisotopic (exact) mass is 287 g/mol. The molecule has 0 aromatic heterocycles. The average molecular weight is 288 g/mol. The second kappa shape index (κ2) is 6.76. The van der Waals surface area contributed by atoms with Crippen molar-refractivity contribution in [2.24, 2.45) is 5.92 Å². The number of hydrogen-bond donors (Lipinski definition) is 1. The highest BCUT2D eigenvalue weighted by molar-refractivity contribution is 6.42. The van der Waals surface area contributed by atoms with E-state index in [0.717, 1.165) is 32.6 Å². The predicted octanol–water partition coefficient (Wildman–Crippen LogP) is 3.55. The molecule has 1 fully saturated rings. The number of halogens is 2. The van der Waals surface area contributed by atoms with Gasteiger partial charge in [-0.2, -0.15) is 0 Å². The van der Waals surface area contributed by atoms with Gasteiger partial charge in [-0.25, -0.2) is 0 Å². The van der Waals surface area contributed by atoms with Gasteiger partial charge in [-0.15, -0.1) is 0 Å². The first-order valence-electron chi connectivity index (χ1n) is 6.45. The Kier molecular flexibility index (Phi) is 5.31. The standard InChI is InChI=1S/C14H19Cl2NO/c1-2-17-14(11-5-6-18-9-11)8-10-3-4-12(15)13(16)7-10/h3-4,7,11,14,17H,2,5-6,8-9H2,1H3. The van der Waals surface area contributed by atoms with Crippen LogP contribution in [0, 0.1) is 5.92 Å². The van der Waals surface area contributed by atoms with E-state index in [2.05, 4.69) is 12.2 Å². The second-order valence-corrected chi connectivity index (χ2v) is 5.55. The summed E-state index contributed by atoms with van der Waals surface area (Å²) in [6.45, 7) is 4.85. The van der Waals surface area contributed by atoms with Gasteiger partial charge in [0.2, 0.25) is 0 Å². The summed E-state index contributed by atoms with van der Waals surface area (Å²) in [6, 6.07) is 6.33. The molecular weight excluding hydrogens is 269 g/mol. The molecule has 1 heterocycles. The molecule has 2 unspecified atom stereocenters. The minimum Gasteiger partial charge on any atom is -0.381 e. The Morgan fingerprint density at radius 1 is 1.39 bits per heavy atom. The molecule has 0 aliphatic carbocycles. The van der Waals surface area contributed by atoms with Crippen molar-refractivity contribution in [2.45, 2.75) is 25.8 Å². The highest BCUT2D eigenvalue weighted by Crippen LogP contribution is 2.25. The van der Waals surface area contributed by atoms with Crippen LogP contribution < -0.4 is 5.32 Å². The summed E-state index contributed by atoms with van der Waals surface area (Å²) < 4.78 is 5.48. The maximum atomic E-state index is 6.06. The predicted molar refractivity (Wildman–Crippen MR) is 76.6 cm³/mol. The maximum Gasteiger partial charge on any atom is 0.0595 e. The maximum absolute atomic E-state index is 6.06. The first kappa shape index (κ1) is 14.1. The van der Waals surface area contributed by atoms with Crippen LogP contribution in [-0.2, 0) is 11.2 Å². The van der Waals surface area contributed by atoms with Gasteiger partial charge < -0.3 is 10.1 Å². The lowest BCUT2D eigenvalue weighted by atomic mass is 9.93. The third kappa shape index (κ3) is 3.61. The molecule has 1 saturated heterocycles. The van der Waals surface area contributed by atoms with Crippen molar-refractivity contribution in [2.75, 3.05) is 19.8 Å². The van der Waals surface area contributed by atoms with E-state index < -0.39 is 0 Å². The van der Waals surface area contributed by atoms with Crippen LogP contribution in [0.1, 0.15) is 18.9 Å². The molecule has 0 radical (unpaired) electrons. The number of nitrogens with one attached hydrogen (secondary N) is 1. The van der Waals surface area contributed by atoms with E-state index in [4.69, 9.17) is 27.9 Å². The lowest BCUT2D eigenvalue weighted by Gasteiger charge is -2.23. The molecule has 1 aromatic carbocycles. The van der Waals surface area contributed by atoms with Crippen molar-refractivity contribution < 1.29 is 4.74 Å². The summed E-state index contributed by atoms with van der Waals surface area (Å²) in [7, 11) is 0. The van der Waals surface area contributed by atoms with Gasteiger partial charge in [0, 0.05) is 18.6 Å². The van der Waals surface area contributed by atoms with Crippen molar-refractivity contribution >= 4 is 23.2 Å². The molecule has 2 atom stereocenters. The molecule has 1 N–H and O–H groups in total. The summed E-state index contributed by atoms with van der Waals surface area (Å²) in [6.07, 6.45) is 2.11. The summed E-state index contributed by atoms with van der Waals surface area (Å²) in [4.78, 5) is 0. The molecule has 0 saturated carbocycles. The van der Waals surface area contributed by atoms with Crippen LogP contribution in [0.4, 0.5) is 0 Å². The van der Waals surface area contributed by atoms with Gasteiger partial charge in [-0.3, -0.25) is 0 Å². The van der Waals surface area contributed by atoms with E-state index in [1.165, 1.54) is 5.56 Å². The SMILES string of the molecule is CCNC(Cc1ccc(Cl)c(Cl)c1)C1CCOC1. The minimum atomic E-state index is 0.453. The van der Waals surface area contributed by atoms with E-state index in [1.54, 1.807) is 0 Å². The molecule has 2 rings (SSSR count). The molecular formula is C14H19Cl2NO. The van der Waals surface area contributed by atoms with Crippen LogP contribution in [-0.4, -0.2) is 25.8 Å². The molecule has 2 nitrogen and oxygen atoms in total. The van der Waals surface area contributed by atoms with E-state index in [9.17, 15) is 0 Å².